The van der Waals surface area contributed by atoms with E-state index in [1.165, 1.54) is 23.1 Å². The standard InChI is InChI=1S/C15H23N.C8H11ClN2.C5H10O.C2H6/c1-11(2)14-6-8-15(9-7-14)13(5)10-16-12(3)4;1-2-7-5-10-6-11-8(7)3-4-9;1-5(2)3-4-6;1-2/h6,8,10-11H,7,9H2,1-5H3;2-3,6H,4-5H2,1H3,(H,10,11);4-5H,3H2,1-2H3;1-2H3/b13-10+;7-2-,8-3+;;. The van der Waals surface area contributed by atoms with E-state index >= 15 is 0 Å². The Kier molecular flexibility index (Phi) is 22.3. The molecule has 0 spiro atoms. The fraction of sp³-hybridized carbons (Fsp3) is 0.567. The Bertz CT molecular complexity index is 805. The van der Waals surface area contributed by atoms with Gasteiger partial charge in [0.25, 0.3) is 0 Å². The van der Waals surface area contributed by atoms with Gasteiger partial charge < -0.3 is 10.1 Å². The molecule has 198 valence electrons. The van der Waals surface area contributed by atoms with Crippen molar-refractivity contribution in [3.8, 4) is 0 Å². The van der Waals surface area contributed by atoms with E-state index in [0.717, 1.165) is 30.7 Å². The fourth-order valence-corrected chi connectivity index (χ4v) is 3.07. The SMILES string of the molecule is C/C=C1/CN=CN/C1=C/CCl.CC.CC(C)=N/C=C(\C)C1=CC=C(C(C)C)CC1.CC(C)CC=O. The number of hydrogen-bond donors (Lipinski definition) is 1. The molecule has 0 amide bonds. The van der Waals surface area contributed by atoms with E-state index in [9.17, 15) is 4.79 Å². The first-order valence-corrected chi connectivity index (χ1v) is 13.4. The minimum atomic E-state index is 0.530. The monoisotopic (exact) mass is 503 g/mol. The lowest BCUT2D eigenvalue weighted by Gasteiger charge is -2.17. The van der Waals surface area contributed by atoms with Crippen LogP contribution in [-0.2, 0) is 4.79 Å². The van der Waals surface area contributed by atoms with E-state index < -0.39 is 0 Å². The third-order valence-corrected chi connectivity index (χ3v) is 5.22. The summed E-state index contributed by atoms with van der Waals surface area (Å²) in [5.41, 5.74) is 7.67. The summed E-state index contributed by atoms with van der Waals surface area (Å²) in [5, 5.41) is 3.04. The molecule has 4 nitrogen and oxygen atoms in total. The molecule has 0 aromatic rings. The Morgan fingerprint density at radius 1 is 1.14 bits per heavy atom. The third kappa shape index (κ3) is 17.8. The van der Waals surface area contributed by atoms with E-state index in [1.807, 2.05) is 66.8 Å². The summed E-state index contributed by atoms with van der Waals surface area (Å²) < 4.78 is 0. The molecule has 2 rings (SSSR count). The molecule has 0 atom stereocenters. The second-order valence-corrected chi connectivity index (χ2v) is 9.28. The zero-order chi connectivity index (χ0) is 27.2. The molecule has 1 heterocycles. The summed E-state index contributed by atoms with van der Waals surface area (Å²) in [5.74, 6) is 1.74. The summed E-state index contributed by atoms with van der Waals surface area (Å²) in [4.78, 5) is 18.0. The van der Waals surface area contributed by atoms with Crippen molar-refractivity contribution < 1.29 is 4.79 Å². The second-order valence-electron chi connectivity index (χ2n) is 8.97. The minimum absolute atomic E-state index is 0.530. The Hall–Kier alpha value is -2.20. The zero-order valence-electron chi connectivity index (χ0n) is 23.9. The van der Waals surface area contributed by atoms with Crippen LogP contribution in [0.3, 0.4) is 0 Å². The van der Waals surface area contributed by atoms with Crippen LogP contribution < -0.4 is 5.32 Å². The van der Waals surface area contributed by atoms with Gasteiger partial charge >= 0.3 is 0 Å². The second kappa shape index (κ2) is 22.3. The molecule has 0 fully saturated rings. The maximum Gasteiger partial charge on any atom is 0.120 e. The highest BCUT2D eigenvalue weighted by atomic mass is 35.5. The van der Waals surface area contributed by atoms with Gasteiger partial charge in [0, 0.05) is 29.9 Å². The minimum Gasteiger partial charge on any atom is -0.347 e. The number of carbonyl (C=O) groups excluding carboxylic acids is 1. The van der Waals surface area contributed by atoms with Gasteiger partial charge in [0.1, 0.15) is 6.29 Å². The Morgan fingerprint density at radius 2 is 1.80 bits per heavy atom. The number of carbonyl (C=O) groups is 1. The highest BCUT2D eigenvalue weighted by Gasteiger charge is 2.10. The van der Waals surface area contributed by atoms with Gasteiger partial charge in [-0.3, -0.25) is 9.98 Å². The van der Waals surface area contributed by atoms with E-state index in [0.29, 0.717) is 24.1 Å². The summed E-state index contributed by atoms with van der Waals surface area (Å²) in [6.07, 6.45) is 16.2. The molecule has 2 aliphatic rings. The number of aldehydes is 1. The Balaban J connectivity index is 0. The topological polar surface area (TPSA) is 53.8 Å². The van der Waals surface area contributed by atoms with Crippen LogP contribution in [0.4, 0.5) is 0 Å². The smallest absolute Gasteiger partial charge is 0.120 e. The highest BCUT2D eigenvalue weighted by molar-refractivity contribution is 6.19. The lowest BCUT2D eigenvalue weighted by molar-refractivity contribution is -0.108. The van der Waals surface area contributed by atoms with Crippen molar-refractivity contribution in [3.05, 3.63) is 58.5 Å². The van der Waals surface area contributed by atoms with Crippen LogP contribution in [0.15, 0.2) is 68.5 Å². The van der Waals surface area contributed by atoms with Crippen LogP contribution in [0.1, 0.15) is 88.5 Å². The zero-order valence-corrected chi connectivity index (χ0v) is 24.7. The van der Waals surface area contributed by atoms with Gasteiger partial charge in [0.15, 0.2) is 0 Å². The van der Waals surface area contributed by atoms with Gasteiger partial charge in [-0.05, 0) is 75.2 Å². The number of aliphatic imine (C=N–C) groups is 2. The van der Waals surface area contributed by atoms with Crippen LogP contribution in [0.25, 0.3) is 0 Å². The number of nitrogens with one attached hydrogen (secondary N) is 1. The molecule has 0 saturated heterocycles. The number of hydrogen-bond acceptors (Lipinski definition) is 4. The van der Waals surface area contributed by atoms with E-state index in [4.69, 9.17) is 11.6 Å². The lowest BCUT2D eigenvalue weighted by atomic mass is 9.89. The lowest BCUT2D eigenvalue weighted by Crippen LogP contribution is -2.19. The molecule has 0 unspecified atom stereocenters. The molecule has 0 bridgehead atoms. The summed E-state index contributed by atoms with van der Waals surface area (Å²) in [7, 11) is 0. The average molecular weight is 504 g/mol. The van der Waals surface area contributed by atoms with Crippen molar-refractivity contribution in [2.75, 3.05) is 12.4 Å². The van der Waals surface area contributed by atoms with Gasteiger partial charge in [-0.15, -0.1) is 11.6 Å². The third-order valence-electron chi connectivity index (χ3n) is 5.06. The molecule has 0 aromatic carbocycles. The molecular weight excluding hydrogens is 454 g/mol. The van der Waals surface area contributed by atoms with Crippen molar-refractivity contribution in [2.45, 2.75) is 88.5 Å². The predicted molar refractivity (Wildman–Crippen MR) is 159 cm³/mol. The maximum absolute atomic E-state index is 9.62. The number of alkyl halides is 1. The van der Waals surface area contributed by atoms with Gasteiger partial charge in [-0.1, -0.05) is 65.3 Å². The summed E-state index contributed by atoms with van der Waals surface area (Å²) in [6.45, 7) is 21.5. The molecular formula is C30H50ClN3O. The molecule has 1 aliphatic carbocycles. The Labute approximate surface area is 221 Å². The van der Waals surface area contributed by atoms with E-state index in [1.54, 1.807) is 11.9 Å². The quantitative estimate of drug-likeness (QED) is 0.224. The van der Waals surface area contributed by atoms with Crippen LogP contribution in [-0.4, -0.2) is 30.8 Å². The molecule has 35 heavy (non-hydrogen) atoms. The van der Waals surface area contributed by atoms with Gasteiger partial charge in [-0.2, -0.15) is 0 Å². The number of nitrogens with zero attached hydrogens (tertiary/aromatic N) is 2. The van der Waals surface area contributed by atoms with Crippen LogP contribution in [0, 0.1) is 11.8 Å². The van der Waals surface area contributed by atoms with Crippen molar-refractivity contribution in [3.63, 3.8) is 0 Å². The molecule has 0 aromatic heterocycles. The summed E-state index contributed by atoms with van der Waals surface area (Å²) >= 11 is 5.57. The fourth-order valence-electron chi connectivity index (χ4n) is 2.92. The first-order chi connectivity index (χ1) is 16.7. The largest absolute Gasteiger partial charge is 0.347 e. The molecule has 0 saturated carbocycles. The first kappa shape index (κ1) is 35.0. The van der Waals surface area contributed by atoms with E-state index in [-0.39, 0.29) is 0 Å². The van der Waals surface area contributed by atoms with Crippen LogP contribution in [0.2, 0.25) is 0 Å². The first-order valence-electron chi connectivity index (χ1n) is 12.8. The number of allylic oxidation sites excluding steroid dienone is 7. The maximum atomic E-state index is 9.62. The highest BCUT2D eigenvalue weighted by Crippen LogP contribution is 2.27. The van der Waals surface area contributed by atoms with Crippen molar-refractivity contribution in [1.82, 2.24) is 5.32 Å². The van der Waals surface area contributed by atoms with Crippen molar-refractivity contribution in [1.29, 1.82) is 0 Å². The van der Waals surface area contributed by atoms with Crippen molar-refractivity contribution >= 4 is 29.9 Å². The van der Waals surface area contributed by atoms with Crippen LogP contribution >= 0.6 is 11.6 Å². The average Bonchev–Trinajstić information content (AvgIpc) is 2.85. The Morgan fingerprint density at radius 3 is 2.20 bits per heavy atom. The van der Waals surface area contributed by atoms with Crippen molar-refractivity contribution in [2.24, 2.45) is 21.8 Å². The van der Waals surface area contributed by atoms with Crippen LogP contribution in [0.5, 0.6) is 0 Å². The summed E-state index contributed by atoms with van der Waals surface area (Å²) in [6, 6.07) is 0. The van der Waals surface area contributed by atoms with E-state index in [2.05, 4.69) is 48.2 Å². The molecule has 1 aliphatic heterocycles. The van der Waals surface area contributed by atoms with Gasteiger partial charge in [0.2, 0.25) is 0 Å². The normalized spacial score (nSPS) is 17.1. The van der Waals surface area contributed by atoms with Gasteiger partial charge in [0.05, 0.1) is 12.9 Å². The molecule has 1 N–H and O–H groups in total. The number of halogens is 1. The number of rotatable bonds is 6. The van der Waals surface area contributed by atoms with Gasteiger partial charge in [-0.25, -0.2) is 0 Å². The molecule has 5 heteroatoms. The molecule has 0 radical (unpaired) electrons. The predicted octanol–water partition coefficient (Wildman–Crippen LogP) is 8.62.